The van der Waals surface area contributed by atoms with E-state index in [0.717, 1.165) is 16.6 Å². The average Bonchev–Trinajstić information content (AvgIpc) is 2.55. The zero-order chi connectivity index (χ0) is 11.0. The van der Waals surface area contributed by atoms with Gasteiger partial charge in [-0.25, -0.2) is 4.79 Å². The largest absolute Gasteiger partial charge is 0.478 e. The van der Waals surface area contributed by atoms with Gasteiger partial charge in [0, 0.05) is 29.4 Å². The Balaban J connectivity index is 2.68. The Morgan fingerprint density at radius 2 is 2.20 bits per heavy atom. The van der Waals surface area contributed by atoms with Crippen molar-refractivity contribution < 1.29 is 9.90 Å². The standard InChI is InChI=1S/C11H11NO2S/c1-12-9(6-15)5-8-4-7(11(13)14)2-3-10(8)12/h2-5,15H,6H2,1H3,(H,13,14). The minimum Gasteiger partial charge on any atom is -0.478 e. The summed E-state index contributed by atoms with van der Waals surface area (Å²) in [5.41, 5.74) is 2.43. The highest BCUT2D eigenvalue weighted by atomic mass is 32.1. The summed E-state index contributed by atoms with van der Waals surface area (Å²) < 4.78 is 2.02. The number of hydrogen-bond donors (Lipinski definition) is 2. The Labute approximate surface area is 92.7 Å². The molecule has 0 fully saturated rings. The molecule has 1 heterocycles. The smallest absolute Gasteiger partial charge is 0.335 e. The van der Waals surface area contributed by atoms with Crippen LogP contribution in [0, 0.1) is 0 Å². The van der Waals surface area contributed by atoms with Crippen molar-refractivity contribution in [1.29, 1.82) is 0 Å². The first-order valence-electron chi connectivity index (χ1n) is 4.56. The third-order valence-electron chi connectivity index (χ3n) is 2.55. The second-order valence-electron chi connectivity index (χ2n) is 3.43. The lowest BCUT2D eigenvalue weighted by Gasteiger charge is -2.00. The van der Waals surface area contributed by atoms with E-state index >= 15 is 0 Å². The Bertz CT molecular complexity index is 531. The van der Waals surface area contributed by atoms with Gasteiger partial charge in [-0.1, -0.05) is 0 Å². The SMILES string of the molecule is Cn1c(CS)cc2cc(C(=O)O)ccc21. The fraction of sp³-hybridized carbons (Fsp3) is 0.182. The molecule has 2 rings (SSSR count). The van der Waals surface area contributed by atoms with Crippen molar-refractivity contribution in [2.24, 2.45) is 7.05 Å². The predicted octanol–water partition coefficient (Wildman–Crippen LogP) is 2.31. The Morgan fingerprint density at radius 1 is 1.47 bits per heavy atom. The van der Waals surface area contributed by atoms with Gasteiger partial charge >= 0.3 is 5.97 Å². The average molecular weight is 221 g/mol. The van der Waals surface area contributed by atoms with Gasteiger partial charge < -0.3 is 9.67 Å². The lowest BCUT2D eigenvalue weighted by Crippen LogP contribution is -1.96. The maximum atomic E-state index is 10.8. The van der Waals surface area contributed by atoms with Crippen molar-refractivity contribution in [3.8, 4) is 0 Å². The van der Waals surface area contributed by atoms with Gasteiger partial charge in [0.1, 0.15) is 0 Å². The molecule has 2 aromatic rings. The molecule has 0 aliphatic rings. The number of thiol groups is 1. The molecule has 0 radical (unpaired) electrons. The van der Waals surface area contributed by atoms with Crippen LogP contribution >= 0.6 is 12.6 Å². The number of hydrogen-bond acceptors (Lipinski definition) is 2. The topological polar surface area (TPSA) is 42.2 Å². The summed E-state index contributed by atoms with van der Waals surface area (Å²) >= 11 is 4.22. The molecule has 3 nitrogen and oxygen atoms in total. The number of benzene rings is 1. The lowest BCUT2D eigenvalue weighted by molar-refractivity contribution is 0.0697. The number of fused-ring (bicyclic) bond motifs is 1. The first kappa shape index (κ1) is 10.1. The van der Waals surface area contributed by atoms with Crippen LogP contribution in [0.15, 0.2) is 24.3 Å². The van der Waals surface area contributed by atoms with Crippen molar-refractivity contribution in [2.45, 2.75) is 5.75 Å². The summed E-state index contributed by atoms with van der Waals surface area (Å²) in [6, 6.07) is 7.10. The van der Waals surface area contributed by atoms with E-state index in [-0.39, 0.29) is 0 Å². The van der Waals surface area contributed by atoms with E-state index in [1.165, 1.54) is 0 Å². The summed E-state index contributed by atoms with van der Waals surface area (Å²) in [7, 11) is 1.95. The number of aryl methyl sites for hydroxylation is 1. The molecule has 0 amide bonds. The fourth-order valence-corrected chi connectivity index (χ4v) is 1.99. The van der Waals surface area contributed by atoms with Crippen molar-refractivity contribution in [1.82, 2.24) is 4.57 Å². The maximum Gasteiger partial charge on any atom is 0.335 e. The van der Waals surface area contributed by atoms with Crippen LogP contribution in [0.2, 0.25) is 0 Å². The minimum absolute atomic E-state index is 0.318. The third kappa shape index (κ3) is 1.61. The molecule has 1 aromatic heterocycles. The quantitative estimate of drug-likeness (QED) is 0.764. The Morgan fingerprint density at radius 3 is 2.80 bits per heavy atom. The highest BCUT2D eigenvalue weighted by Crippen LogP contribution is 2.21. The van der Waals surface area contributed by atoms with E-state index in [0.29, 0.717) is 11.3 Å². The van der Waals surface area contributed by atoms with Crippen LogP contribution < -0.4 is 0 Å². The van der Waals surface area contributed by atoms with E-state index < -0.39 is 5.97 Å². The van der Waals surface area contributed by atoms with Crippen molar-refractivity contribution >= 4 is 29.5 Å². The second kappa shape index (κ2) is 3.62. The van der Waals surface area contributed by atoms with Crippen molar-refractivity contribution in [3.63, 3.8) is 0 Å². The molecule has 0 aliphatic heterocycles. The number of aromatic nitrogens is 1. The van der Waals surface area contributed by atoms with E-state index in [1.54, 1.807) is 12.1 Å². The first-order chi connectivity index (χ1) is 7.13. The van der Waals surface area contributed by atoms with Gasteiger partial charge in [-0.3, -0.25) is 0 Å². The number of nitrogens with zero attached hydrogens (tertiary/aromatic N) is 1. The third-order valence-corrected chi connectivity index (χ3v) is 2.87. The van der Waals surface area contributed by atoms with Crippen LogP contribution in [0.3, 0.4) is 0 Å². The molecular weight excluding hydrogens is 210 g/mol. The summed E-state index contributed by atoms with van der Waals surface area (Å²) in [5.74, 6) is -0.249. The Hall–Kier alpha value is -1.42. The van der Waals surface area contributed by atoms with Crippen LogP contribution in [0.4, 0.5) is 0 Å². The molecule has 1 aromatic carbocycles. The number of carbonyl (C=O) groups is 1. The summed E-state index contributed by atoms with van der Waals surface area (Å²) in [5, 5.41) is 9.80. The van der Waals surface area contributed by atoms with Gasteiger partial charge in [-0.2, -0.15) is 12.6 Å². The van der Waals surface area contributed by atoms with Crippen LogP contribution in [-0.4, -0.2) is 15.6 Å². The van der Waals surface area contributed by atoms with Gasteiger partial charge in [0.15, 0.2) is 0 Å². The highest BCUT2D eigenvalue weighted by Gasteiger charge is 2.08. The molecule has 15 heavy (non-hydrogen) atoms. The zero-order valence-corrected chi connectivity index (χ0v) is 9.16. The second-order valence-corrected chi connectivity index (χ2v) is 3.75. The molecule has 4 heteroatoms. The molecule has 0 unspecified atom stereocenters. The summed E-state index contributed by atoms with van der Waals surface area (Å²) in [6.45, 7) is 0. The van der Waals surface area contributed by atoms with E-state index in [2.05, 4.69) is 12.6 Å². The Kier molecular flexibility index (Phi) is 2.44. The zero-order valence-electron chi connectivity index (χ0n) is 8.27. The lowest BCUT2D eigenvalue weighted by atomic mass is 10.1. The molecule has 0 bridgehead atoms. The maximum absolute atomic E-state index is 10.8. The van der Waals surface area contributed by atoms with Gasteiger partial charge in [0.25, 0.3) is 0 Å². The van der Waals surface area contributed by atoms with E-state index in [9.17, 15) is 4.79 Å². The molecule has 0 saturated carbocycles. The predicted molar refractivity (Wildman–Crippen MR) is 62.6 cm³/mol. The van der Waals surface area contributed by atoms with Crippen molar-refractivity contribution in [2.75, 3.05) is 0 Å². The molecule has 0 atom stereocenters. The number of aromatic carboxylic acids is 1. The fourth-order valence-electron chi connectivity index (χ4n) is 1.69. The van der Waals surface area contributed by atoms with Crippen molar-refractivity contribution in [3.05, 3.63) is 35.5 Å². The van der Waals surface area contributed by atoms with Gasteiger partial charge in [-0.05, 0) is 24.3 Å². The van der Waals surface area contributed by atoms with E-state index in [4.69, 9.17) is 5.11 Å². The van der Waals surface area contributed by atoms with Crippen LogP contribution in [0.1, 0.15) is 16.1 Å². The normalized spacial score (nSPS) is 10.8. The highest BCUT2D eigenvalue weighted by molar-refractivity contribution is 7.79. The van der Waals surface area contributed by atoms with Gasteiger partial charge in [-0.15, -0.1) is 0 Å². The van der Waals surface area contributed by atoms with Crippen LogP contribution in [0.25, 0.3) is 10.9 Å². The summed E-state index contributed by atoms with van der Waals surface area (Å²) in [4.78, 5) is 10.8. The van der Waals surface area contributed by atoms with E-state index in [1.807, 2.05) is 23.7 Å². The molecule has 0 saturated heterocycles. The molecule has 1 N–H and O–H groups in total. The summed E-state index contributed by atoms with van der Waals surface area (Å²) in [6.07, 6.45) is 0. The molecular formula is C11H11NO2S. The minimum atomic E-state index is -0.895. The molecule has 0 spiro atoms. The molecule has 0 aliphatic carbocycles. The van der Waals surface area contributed by atoms with Crippen LogP contribution in [0.5, 0.6) is 0 Å². The monoisotopic (exact) mass is 221 g/mol. The number of carboxylic acid groups (broad SMARTS) is 1. The number of rotatable bonds is 2. The molecule has 78 valence electrons. The number of carboxylic acids is 1. The van der Waals surface area contributed by atoms with Crippen LogP contribution in [-0.2, 0) is 12.8 Å². The first-order valence-corrected chi connectivity index (χ1v) is 5.19. The van der Waals surface area contributed by atoms with Gasteiger partial charge in [0.05, 0.1) is 5.56 Å². The van der Waals surface area contributed by atoms with Gasteiger partial charge in [0.2, 0.25) is 0 Å².